The summed E-state index contributed by atoms with van der Waals surface area (Å²) in [5.74, 6) is -0.0475. The summed E-state index contributed by atoms with van der Waals surface area (Å²) in [6, 6.07) is 22.0. The van der Waals surface area contributed by atoms with Crippen molar-refractivity contribution in [3.05, 3.63) is 102 Å². The van der Waals surface area contributed by atoms with Crippen LogP contribution in [0.5, 0.6) is 11.5 Å². The highest BCUT2D eigenvalue weighted by atomic mass is 32.2. The van der Waals surface area contributed by atoms with Gasteiger partial charge in [0.2, 0.25) is 5.91 Å². The van der Waals surface area contributed by atoms with Crippen molar-refractivity contribution in [2.45, 2.75) is 30.6 Å². The second-order valence-electron chi connectivity index (χ2n) is 9.92. The van der Waals surface area contributed by atoms with E-state index in [0.29, 0.717) is 22.8 Å². The van der Waals surface area contributed by atoms with Crippen molar-refractivity contribution in [2.24, 2.45) is 0 Å². The van der Waals surface area contributed by atoms with Gasteiger partial charge in [-0.05, 0) is 98.1 Å². The zero-order valence-corrected chi connectivity index (χ0v) is 26.0. The predicted molar refractivity (Wildman–Crippen MR) is 167 cm³/mol. The zero-order chi connectivity index (χ0) is 31.4. The molecule has 4 rings (SSSR count). The molecule has 0 aliphatic carbocycles. The summed E-state index contributed by atoms with van der Waals surface area (Å²) in [5.41, 5.74) is 3.58. The Kier molecular flexibility index (Phi) is 9.31. The number of amides is 1. The molecule has 0 aliphatic rings. The van der Waals surface area contributed by atoms with Gasteiger partial charge >= 0.3 is 0 Å². The van der Waals surface area contributed by atoms with Crippen LogP contribution in [0.1, 0.15) is 16.7 Å². The van der Waals surface area contributed by atoms with E-state index < -0.39 is 32.5 Å². The number of methoxy groups -OCH3 is 2. The van der Waals surface area contributed by atoms with Crippen LogP contribution in [0, 0.1) is 20.8 Å². The first-order valence-electron chi connectivity index (χ1n) is 13.1. The van der Waals surface area contributed by atoms with Gasteiger partial charge in [0.05, 0.1) is 29.7 Å². The SMILES string of the molecule is COc1ccc(S(=O)(=O)N(CC(=O)Nc2ccc(S(=O)(=O)Nc3cccc(C)c3)cc2)c2cc(C)cc(C)c2)cc1OC. The Morgan fingerprint density at radius 3 is 1.93 bits per heavy atom. The maximum Gasteiger partial charge on any atom is 0.264 e. The number of nitrogens with one attached hydrogen (secondary N) is 2. The van der Waals surface area contributed by atoms with Gasteiger partial charge in [-0.1, -0.05) is 18.2 Å². The van der Waals surface area contributed by atoms with Gasteiger partial charge in [-0.2, -0.15) is 0 Å². The molecule has 10 nitrogen and oxygen atoms in total. The number of nitrogens with zero attached hydrogens (tertiary/aromatic N) is 1. The summed E-state index contributed by atoms with van der Waals surface area (Å²) >= 11 is 0. The van der Waals surface area contributed by atoms with Gasteiger partial charge in [0.25, 0.3) is 20.0 Å². The molecule has 1 amide bonds. The van der Waals surface area contributed by atoms with E-state index in [4.69, 9.17) is 9.47 Å². The molecular formula is C31H33N3O7S2. The molecule has 4 aromatic carbocycles. The summed E-state index contributed by atoms with van der Waals surface area (Å²) in [6.07, 6.45) is 0. The second-order valence-corrected chi connectivity index (χ2v) is 13.5. The first-order valence-corrected chi connectivity index (χ1v) is 16.1. The van der Waals surface area contributed by atoms with Crippen LogP contribution in [0.2, 0.25) is 0 Å². The van der Waals surface area contributed by atoms with Gasteiger partial charge in [-0.25, -0.2) is 16.8 Å². The van der Waals surface area contributed by atoms with Crippen molar-refractivity contribution in [1.29, 1.82) is 0 Å². The lowest BCUT2D eigenvalue weighted by molar-refractivity contribution is -0.114. The normalized spacial score (nSPS) is 11.5. The zero-order valence-electron chi connectivity index (χ0n) is 24.4. The fourth-order valence-electron chi connectivity index (χ4n) is 4.48. The average molecular weight is 624 g/mol. The molecule has 12 heteroatoms. The highest BCUT2D eigenvalue weighted by Gasteiger charge is 2.29. The van der Waals surface area contributed by atoms with E-state index in [1.807, 2.05) is 32.9 Å². The van der Waals surface area contributed by atoms with E-state index >= 15 is 0 Å². The highest BCUT2D eigenvalue weighted by molar-refractivity contribution is 7.93. The van der Waals surface area contributed by atoms with Gasteiger partial charge in [0.15, 0.2) is 11.5 Å². The summed E-state index contributed by atoms with van der Waals surface area (Å²) in [6.45, 7) is 4.98. The maximum absolute atomic E-state index is 13.9. The molecule has 226 valence electrons. The molecule has 4 aromatic rings. The third-order valence-electron chi connectivity index (χ3n) is 6.44. The largest absolute Gasteiger partial charge is 0.493 e. The number of carbonyl (C=O) groups is 1. The number of benzene rings is 4. The van der Waals surface area contributed by atoms with Gasteiger partial charge < -0.3 is 14.8 Å². The molecule has 0 saturated heterocycles. The lowest BCUT2D eigenvalue weighted by atomic mass is 10.1. The van der Waals surface area contributed by atoms with E-state index in [2.05, 4.69) is 10.0 Å². The van der Waals surface area contributed by atoms with E-state index in [1.165, 1.54) is 56.7 Å². The molecule has 0 heterocycles. The Labute approximate surface area is 252 Å². The van der Waals surface area contributed by atoms with Gasteiger partial charge in [0.1, 0.15) is 6.54 Å². The fraction of sp³-hybridized carbons (Fsp3) is 0.194. The lowest BCUT2D eigenvalue weighted by Gasteiger charge is -2.25. The first-order chi connectivity index (χ1) is 20.3. The maximum atomic E-state index is 13.9. The van der Waals surface area contributed by atoms with Crippen molar-refractivity contribution in [3.63, 3.8) is 0 Å². The van der Waals surface area contributed by atoms with E-state index in [-0.39, 0.29) is 15.5 Å². The number of carbonyl (C=O) groups excluding carboxylic acids is 1. The van der Waals surface area contributed by atoms with Crippen LogP contribution in [0.25, 0.3) is 0 Å². The molecule has 0 unspecified atom stereocenters. The number of sulfonamides is 2. The van der Waals surface area contributed by atoms with Crippen LogP contribution in [-0.4, -0.2) is 43.5 Å². The Hall–Kier alpha value is -4.55. The lowest BCUT2D eigenvalue weighted by Crippen LogP contribution is -2.38. The molecule has 43 heavy (non-hydrogen) atoms. The molecule has 0 saturated carbocycles. The third-order valence-corrected chi connectivity index (χ3v) is 9.61. The minimum absolute atomic E-state index is 0.0000941. The first kappa shape index (κ1) is 31.4. The third kappa shape index (κ3) is 7.46. The standard InChI is InChI=1S/C31H33N3O7S2/c1-21-7-6-8-25(16-21)33-42(36,37)27-11-9-24(10-12-27)32-31(35)20-34(26-17-22(2)15-23(3)18-26)43(38,39)28-13-14-29(40-4)30(19-28)41-5/h6-19,33H,20H2,1-5H3,(H,32,35). The topological polar surface area (TPSA) is 131 Å². The summed E-state index contributed by atoms with van der Waals surface area (Å²) in [7, 11) is -5.26. The van der Waals surface area contributed by atoms with Crippen molar-refractivity contribution in [3.8, 4) is 11.5 Å². The molecule has 0 radical (unpaired) electrons. The number of rotatable bonds is 11. The van der Waals surface area contributed by atoms with Gasteiger partial charge in [-0.15, -0.1) is 0 Å². The van der Waals surface area contributed by atoms with Crippen molar-refractivity contribution in [2.75, 3.05) is 35.1 Å². The van der Waals surface area contributed by atoms with Gasteiger partial charge in [0, 0.05) is 17.4 Å². The van der Waals surface area contributed by atoms with Crippen molar-refractivity contribution in [1.82, 2.24) is 0 Å². The molecule has 2 N–H and O–H groups in total. The summed E-state index contributed by atoms with van der Waals surface area (Å²) < 4.78 is 67.6. The summed E-state index contributed by atoms with van der Waals surface area (Å²) in [5, 5.41) is 2.67. The van der Waals surface area contributed by atoms with Crippen molar-refractivity contribution >= 4 is 43.0 Å². The van der Waals surface area contributed by atoms with E-state index in [1.54, 1.807) is 30.3 Å². The minimum atomic E-state index is -4.24. The highest BCUT2D eigenvalue weighted by Crippen LogP contribution is 2.33. The molecule has 0 fully saturated rings. The smallest absolute Gasteiger partial charge is 0.264 e. The summed E-state index contributed by atoms with van der Waals surface area (Å²) in [4.78, 5) is 13.1. The van der Waals surface area contributed by atoms with Crippen LogP contribution >= 0.6 is 0 Å². The molecule has 0 aromatic heterocycles. The van der Waals surface area contributed by atoms with Crippen LogP contribution in [-0.2, 0) is 24.8 Å². The monoisotopic (exact) mass is 623 g/mol. The van der Waals surface area contributed by atoms with Crippen LogP contribution in [0.4, 0.5) is 17.1 Å². The number of ether oxygens (including phenoxy) is 2. The van der Waals surface area contributed by atoms with Gasteiger partial charge in [-0.3, -0.25) is 13.8 Å². The Balaban J connectivity index is 1.59. The molecular weight excluding hydrogens is 590 g/mol. The fourth-order valence-corrected chi connectivity index (χ4v) is 6.96. The number of hydrogen-bond acceptors (Lipinski definition) is 7. The second kappa shape index (κ2) is 12.8. The van der Waals surface area contributed by atoms with Crippen LogP contribution in [0.15, 0.2) is 94.7 Å². The van der Waals surface area contributed by atoms with E-state index in [9.17, 15) is 21.6 Å². The van der Waals surface area contributed by atoms with E-state index in [0.717, 1.165) is 21.0 Å². The predicted octanol–water partition coefficient (Wildman–Crippen LogP) is 5.26. The Bertz CT molecular complexity index is 1840. The number of hydrogen-bond donors (Lipinski definition) is 2. The average Bonchev–Trinajstić information content (AvgIpc) is 2.95. The number of anilines is 3. The Morgan fingerprint density at radius 2 is 1.33 bits per heavy atom. The molecule has 0 spiro atoms. The van der Waals surface area contributed by atoms with Crippen molar-refractivity contribution < 1.29 is 31.1 Å². The quantitative estimate of drug-likeness (QED) is 0.233. The Morgan fingerprint density at radius 1 is 0.698 bits per heavy atom. The van der Waals surface area contributed by atoms with Crippen LogP contribution in [0.3, 0.4) is 0 Å². The number of aryl methyl sites for hydroxylation is 3. The molecule has 0 bridgehead atoms. The van der Waals surface area contributed by atoms with Crippen LogP contribution < -0.4 is 23.8 Å². The molecule has 0 atom stereocenters. The molecule has 0 aliphatic heterocycles. The minimum Gasteiger partial charge on any atom is -0.493 e.